The number of benzene rings is 2. The average molecular weight is 473 g/mol. The van der Waals surface area contributed by atoms with Crippen LogP contribution in [0.4, 0.5) is 18.9 Å². The van der Waals surface area contributed by atoms with Crippen molar-refractivity contribution in [3.05, 3.63) is 89.5 Å². The fraction of sp³-hybridized carbons (Fsp3) is 0.0870. The molecule has 0 saturated heterocycles. The Kier molecular flexibility index (Phi) is 6.06. The second-order valence-corrected chi connectivity index (χ2v) is 7.24. The van der Waals surface area contributed by atoms with Crippen molar-refractivity contribution in [3.63, 3.8) is 0 Å². The summed E-state index contributed by atoms with van der Waals surface area (Å²) in [5.74, 6) is 0.0718. The summed E-state index contributed by atoms with van der Waals surface area (Å²) < 4.78 is 45.7. The van der Waals surface area contributed by atoms with Gasteiger partial charge in [-0.25, -0.2) is 9.67 Å². The first-order chi connectivity index (χ1) is 15.8. The van der Waals surface area contributed by atoms with Gasteiger partial charge in [-0.3, -0.25) is 4.79 Å². The highest BCUT2D eigenvalue weighted by Crippen LogP contribution is 2.35. The van der Waals surface area contributed by atoms with Gasteiger partial charge >= 0.3 is 6.18 Å². The molecular weight excluding hydrogens is 457 g/mol. The molecule has 0 spiro atoms. The van der Waals surface area contributed by atoms with E-state index in [2.05, 4.69) is 15.4 Å². The van der Waals surface area contributed by atoms with Gasteiger partial charge in [-0.15, -0.1) is 0 Å². The van der Waals surface area contributed by atoms with Crippen LogP contribution in [-0.4, -0.2) is 27.8 Å². The van der Waals surface area contributed by atoms with Crippen molar-refractivity contribution in [2.45, 2.75) is 6.18 Å². The van der Waals surface area contributed by atoms with E-state index in [4.69, 9.17) is 16.3 Å². The quantitative estimate of drug-likeness (QED) is 0.369. The van der Waals surface area contributed by atoms with Gasteiger partial charge in [-0.2, -0.15) is 18.3 Å². The number of amides is 1. The Hall–Kier alpha value is -3.85. The third-order valence-corrected chi connectivity index (χ3v) is 5.02. The first-order valence-electron chi connectivity index (χ1n) is 9.61. The fourth-order valence-corrected chi connectivity index (χ4v) is 3.37. The third kappa shape index (κ3) is 4.83. The molecule has 6 nitrogen and oxygen atoms in total. The van der Waals surface area contributed by atoms with Gasteiger partial charge in [0, 0.05) is 23.0 Å². The lowest BCUT2D eigenvalue weighted by molar-refractivity contribution is -0.141. The van der Waals surface area contributed by atoms with Crippen LogP contribution in [0.15, 0.2) is 72.9 Å². The van der Waals surface area contributed by atoms with Crippen LogP contribution >= 0.6 is 11.6 Å². The van der Waals surface area contributed by atoms with Gasteiger partial charge in [0.05, 0.1) is 12.8 Å². The summed E-state index contributed by atoms with van der Waals surface area (Å²) in [6, 6.07) is 17.6. The normalized spacial score (nSPS) is 11.3. The van der Waals surface area contributed by atoms with Gasteiger partial charge < -0.3 is 10.1 Å². The van der Waals surface area contributed by atoms with E-state index in [-0.39, 0.29) is 16.8 Å². The highest BCUT2D eigenvalue weighted by molar-refractivity contribution is 6.32. The number of hydrogen-bond donors (Lipinski definition) is 1. The maximum Gasteiger partial charge on any atom is 0.433 e. The van der Waals surface area contributed by atoms with Gasteiger partial charge in [0.15, 0.2) is 5.69 Å². The van der Waals surface area contributed by atoms with Gasteiger partial charge in [0.25, 0.3) is 5.91 Å². The summed E-state index contributed by atoms with van der Waals surface area (Å²) in [5.41, 5.74) is 0.344. The Morgan fingerprint density at radius 2 is 1.70 bits per heavy atom. The van der Waals surface area contributed by atoms with Gasteiger partial charge in [0.2, 0.25) is 0 Å². The number of ether oxygens (including phenoxy) is 1. The predicted octanol–water partition coefficient (Wildman–Crippen LogP) is 5.87. The highest BCUT2D eigenvalue weighted by Gasteiger charge is 2.33. The number of anilines is 1. The topological polar surface area (TPSA) is 69.0 Å². The lowest BCUT2D eigenvalue weighted by Gasteiger charge is -2.09. The Morgan fingerprint density at radius 3 is 2.30 bits per heavy atom. The Labute approximate surface area is 191 Å². The van der Waals surface area contributed by atoms with Crippen molar-refractivity contribution < 1.29 is 22.7 Å². The van der Waals surface area contributed by atoms with Crippen LogP contribution in [0.5, 0.6) is 5.75 Å². The van der Waals surface area contributed by atoms with Gasteiger partial charge in [0.1, 0.15) is 16.6 Å². The number of hydrogen-bond acceptors (Lipinski definition) is 4. The van der Waals surface area contributed by atoms with Crippen molar-refractivity contribution in [3.8, 4) is 22.6 Å². The summed E-state index contributed by atoms with van der Waals surface area (Å²) in [7, 11) is 1.53. The van der Waals surface area contributed by atoms with E-state index in [0.717, 1.165) is 6.07 Å². The summed E-state index contributed by atoms with van der Waals surface area (Å²) >= 11 is 6.11. The number of rotatable bonds is 5. The number of aromatic nitrogens is 3. The number of carbonyl (C=O) groups excluding carboxylic acids is 1. The zero-order chi connectivity index (χ0) is 23.6. The maximum atomic E-state index is 13.0. The Balaban J connectivity index is 1.80. The molecule has 0 saturated carbocycles. The van der Waals surface area contributed by atoms with Crippen LogP contribution in [0.3, 0.4) is 0 Å². The van der Waals surface area contributed by atoms with Gasteiger partial charge in [-0.1, -0.05) is 29.8 Å². The van der Waals surface area contributed by atoms with E-state index >= 15 is 0 Å². The molecule has 168 valence electrons. The molecule has 4 aromatic rings. The largest absolute Gasteiger partial charge is 0.497 e. The van der Waals surface area contributed by atoms with Crippen molar-refractivity contribution in [1.82, 2.24) is 14.8 Å². The molecule has 0 aliphatic carbocycles. The Bertz CT molecular complexity index is 1290. The number of para-hydroxylation sites is 1. The van der Waals surface area contributed by atoms with Crippen LogP contribution in [0.2, 0.25) is 5.15 Å². The lowest BCUT2D eigenvalue weighted by Crippen LogP contribution is -2.14. The summed E-state index contributed by atoms with van der Waals surface area (Å²) in [6.07, 6.45) is -3.14. The highest BCUT2D eigenvalue weighted by atomic mass is 35.5. The standard InChI is InChI=1S/C23H16ClF3N4O2/c1-33-16-9-7-15(8-10-16)31-13-18(17-11-12-19(23(25,26)27)29-21(17)24)20(30-31)22(32)28-14-5-3-2-4-6-14/h2-13H,1H3,(H,28,32). The molecule has 2 heterocycles. The van der Waals surface area contributed by atoms with Gasteiger partial charge in [-0.05, 0) is 48.5 Å². The molecule has 4 rings (SSSR count). The maximum absolute atomic E-state index is 13.0. The number of carbonyl (C=O) groups is 1. The number of alkyl halides is 3. The van der Waals surface area contributed by atoms with Crippen LogP contribution in [0.1, 0.15) is 16.2 Å². The molecule has 1 amide bonds. The molecule has 0 bridgehead atoms. The number of nitrogens with one attached hydrogen (secondary N) is 1. The van der Waals surface area contributed by atoms with Crippen LogP contribution in [-0.2, 0) is 6.18 Å². The molecule has 33 heavy (non-hydrogen) atoms. The monoisotopic (exact) mass is 472 g/mol. The van der Waals surface area contributed by atoms with Crippen LogP contribution in [0, 0.1) is 0 Å². The van der Waals surface area contributed by atoms with E-state index < -0.39 is 22.9 Å². The lowest BCUT2D eigenvalue weighted by atomic mass is 10.1. The number of nitrogens with zero attached hydrogens (tertiary/aromatic N) is 3. The zero-order valence-electron chi connectivity index (χ0n) is 17.1. The molecule has 10 heteroatoms. The molecule has 0 atom stereocenters. The summed E-state index contributed by atoms with van der Waals surface area (Å²) in [6.45, 7) is 0. The molecule has 1 N–H and O–H groups in total. The molecule has 0 unspecified atom stereocenters. The second-order valence-electron chi connectivity index (χ2n) is 6.89. The van der Waals surface area contributed by atoms with Crippen molar-refractivity contribution in [2.75, 3.05) is 12.4 Å². The molecule has 0 aliphatic rings. The minimum atomic E-state index is -4.65. The van der Waals surface area contributed by atoms with E-state index in [9.17, 15) is 18.0 Å². The SMILES string of the molecule is COc1ccc(-n2cc(-c3ccc(C(F)(F)F)nc3Cl)c(C(=O)Nc3ccccc3)n2)cc1. The zero-order valence-corrected chi connectivity index (χ0v) is 17.9. The first kappa shape index (κ1) is 22.3. The number of methoxy groups -OCH3 is 1. The van der Waals surface area contributed by atoms with E-state index in [1.807, 2.05) is 0 Å². The third-order valence-electron chi connectivity index (χ3n) is 4.73. The first-order valence-corrected chi connectivity index (χ1v) is 9.98. The molecule has 2 aromatic carbocycles. The fourth-order valence-electron chi connectivity index (χ4n) is 3.11. The Morgan fingerprint density at radius 1 is 1.00 bits per heavy atom. The van der Waals surface area contributed by atoms with E-state index in [1.54, 1.807) is 54.6 Å². The number of halogens is 4. The summed E-state index contributed by atoms with van der Waals surface area (Å²) in [4.78, 5) is 16.5. The summed E-state index contributed by atoms with van der Waals surface area (Å²) in [5, 5.41) is 6.71. The van der Waals surface area contributed by atoms with E-state index in [0.29, 0.717) is 17.1 Å². The van der Waals surface area contributed by atoms with E-state index in [1.165, 1.54) is 24.1 Å². The minimum absolute atomic E-state index is 0.0295. The van der Waals surface area contributed by atoms with Crippen LogP contribution < -0.4 is 10.1 Å². The van der Waals surface area contributed by atoms with Crippen molar-refractivity contribution in [2.24, 2.45) is 0 Å². The molecule has 0 aliphatic heterocycles. The minimum Gasteiger partial charge on any atom is -0.497 e. The second kappa shape index (κ2) is 8.95. The average Bonchev–Trinajstić information content (AvgIpc) is 3.24. The molecule has 0 radical (unpaired) electrons. The van der Waals surface area contributed by atoms with Crippen molar-refractivity contribution >= 4 is 23.2 Å². The number of pyridine rings is 1. The molecular formula is C23H16ClF3N4O2. The molecule has 0 fully saturated rings. The van der Waals surface area contributed by atoms with Crippen LogP contribution in [0.25, 0.3) is 16.8 Å². The smallest absolute Gasteiger partial charge is 0.433 e. The predicted molar refractivity (Wildman–Crippen MR) is 118 cm³/mol. The van der Waals surface area contributed by atoms with Crippen molar-refractivity contribution in [1.29, 1.82) is 0 Å². The molecule has 2 aromatic heterocycles.